The Morgan fingerprint density at radius 2 is 2.44 bits per heavy atom. The normalized spacial score (nSPS) is 37.1. The molecule has 1 heterocycles. The maximum atomic E-state index is 9.77. The second-order valence-electron chi connectivity index (χ2n) is 5.76. The number of nitrogens with zero attached hydrogens (tertiary/aromatic N) is 2. The van der Waals surface area contributed by atoms with Crippen molar-refractivity contribution in [2.45, 2.75) is 32.1 Å². The van der Waals surface area contributed by atoms with Gasteiger partial charge in [0.1, 0.15) is 0 Å². The maximum Gasteiger partial charge on any atom is 0.0631 e. The first-order valence-electron chi connectivity index (χ1n) is 6.31. The van der Waals surface area contributed by atoms with Crippen molar-refractivity contribution in [3.63, 3.8) is 0 Å². The predicted octanol–water partition coefficient (Wildman–Crippen LogP) is 1.76. The number of hydrogen-bond acceptors (Lipinski definition) is 2. The largest absolute Gasteiger partial charge is 0.396 e. The molecule has 0 aromatic carbocycles. The highest BCUT2D eigenvalue weighted by Crippen LogP contribution is 2.56. The van der Waals surface area contributed by atoms with Crippen LogP contribution in [0.25, 0.3) is 0 Å². The van der Waals surface area contributed by atoms with Crippen molar-refractivity contribution in [2.24, 2.45) is 24.3 Å². The van der Waals surface area contributed by atoms with Gasteiger partial charge in [-0.15, -0.1) is 0 Å². The van der Waals surface area contributed by atoms with Gasteiger partial charge in [-0.2, -0.15) is 5.10 Å². The van der Waals surface area contributed by atoms with Crippen molar-refractivity contribution >= 4 is 0 Å². The number of aromatic nitrogens is 2. The Bertz CT molecular complexity index is 387. The Kier molecular flexibility index (Phi) is 2.32. The maximum absolute atomic E-state index is 9.77. The van der Waals surface area contributed by atoms with Crippen LogP contribution in [0, 0.1) is 17.3 Å². The summed E-state index contributed by atoms with van der Waals surface area (Å²) in [5.41, 5.74) is 1.29. The third-order valence-corrected chi connectivity index (χ3v) is 4.72. The van der Waals surface area contributed by atoms with Crippen LogP contribution in [0.5, 0.6) is 0 Å². The molecule has 3 unspecified atom stereocenters. The lowest BCUT2D eigenvalue weighted by Gasteiger charge is -2.35. The summed E-state index contributed by atoms with van der Waals surface area (Å²) in [6, 6.07) is 2.09. The van der Waals surface area contributed by atoms with Crippen LogP contribution >= 0.6 is 0 Å². The third-order valence-electron chi connectivity index (χ3n) is 4.72. The van der Waals surface area contributed by atoms with E-state index >= 15 is 0 Å². The quantitative estimate of drug-likeness (QED) is 0.843. The summed E-state index contributed by atoms with van der Waals surface area (Å²) in [4.78, 5) is 0. The minimum absolute atomic E-state index is 0.150. The minimum atomic E-state index is 0.150. The van der Waals surface area contributed by atoms with Gasteiger partial charge in [0.2, 0.25) is 0 Å². The van der Waals surface area contributed by atoms with E-state index in [-0.39, 0.29) is 5.41 Å². The summed E-state index contributed by atoms with van der Waals surface area (Å²) < 4.78 is 1.85. The molecule has 2 bridgehead atoms. The SMILES string of the molecule is Cn1ccc(CC2(CO)CC3CCC2C3)n1. The number of fused-ring (bicyclic) bond motifs is 2. The van der Waals surface area contributed by atoms with Gasteiger partial charge in [0.05, 0.1) is 5.69 Å². The Labute approximate surface area is 96.5 Å². The Hall–Kier alpha value is -0.830. The van der Waals surface area contributed by atoms with Crippen LogP contribution in [0.1, 0.15) is 31.4 Å². The molecule has 2 aliphatic carbocycles. The van der Waals surface area contributed by atoms with E-state index in [0.29, 0.717) is 6.61 Å². The molecular formula is C13H20N2O. The molecule has 1 N–H and O–H groups in total. The fourth-order valence-electron chi connectivity index (χ4n) is 3.94. The lowest BCUT2D eigenvalue weighted by molar-refractivity contribution is 0.0641. The number of aliphatic hydroxyl groups is 1. The van der Waals surface area contributed by atoms with Crippen LogP contribution < -0.4 is 0 Å². The van der Waals surface area contributed by atoms with Crippen LogP contribution in [0.2, 0.25) is 0 Å². The average Bonchev–Trinajstić information content (AvgIpc) is 2.94. The van der Waals surface area contributed by atoms with E-state index in [1.165, 1.54) is 25.7 Å². The standard InChI is InChI=1S/C13H20N2O/c1-15-5-4-12(14-15)8-13(9-16)7-10-2-3-11(13)6-10/h4-5,10-11,16H,2-3,6-9H2,1H3. The van der Waals surface area contributed by atoms with Crippen molar-refractivity contribution in [3.05, 3.63) is 18.0 Å². The second-order valence-corrected chi connectivity index (χ2v) is 5.76. The Balaban J connectivity index is 1.81. The van der Waals surface area contributed by atoms with E-state index in [2.05, 4.69) is 11.2 Å². The highest BCUT2D eigenvalue weighted by molar-refractivity contribution is 5.09. The molecule has 0 amide bonds. The summed E-state index contributed by atoms with van der Waals surface area (Å²) >= 11 is 0. The number of aliphatic hydroxyl groups excluding tert-OH is 1. The van der Waals surface area contributed by atoms with Gasteiger partial charge < -0.3 is 5.11 Å². The monoisotopic (exact) mass is 220 g/mol. The van der Waals surface area contributed by atoms with Crippen LogP contribution in [0.3, 0.4) is 0 Å². The molecule has 2 aliphatic rings. The second kappa shape index (κ2) is 3.59. The van der Waals surface area contributed by atoms with E-state index in [1.807, 2.05) is 17.9 Å². The number of hydrogen-bond donors (Lipinski definition) is 1. The zero-order valence-electron chi connectivity index (χ0n) is 9.89. The van der Waals surface area contributed by atoms with E-state index in [9.17, 15) is 5.11 Å². The van der Waals surface area contributed by atoms with Gasteiger partial charge in [-0.25, -0.2) is 0 Å². The highest BCUT2D eigenvalue weighted by atomic mass is 16.3. The first-order chi connectivity index (χ1) is 7.72. The molecule has 2 saturated carbocycles. The van der Waals surface area contributed by atoms with Crippen LogP contribution in [0.15, 0.2) is 12.3 Å². The van der Waals surface area contributed by atoms with E-state index in [1.54, 1.807) is 0 Å². The zero-order chi connectivity index (χ0) is 11.2. The lowest BCUT2D eigenvalue weighted by atomic mass is 9.71. The first kappa shape index (κ1) is 10.3. The third kappa shape index (κ3) is 1.49. The molecule has 3 rings (SSSR count). The average molecular weight is 220 g/mol. The molecule has 2 fully saturated rings. The molecule has 0 saturated heterocycles. The van der Waals surface area contributed by atoms with Gasteiger partial charge in [-0.05, 0) is 43.6 Å². The summed E-state index contributed by atoms with van der Waals surface area (Å²) in [6.45, 7) is 0.338. The molecule has 0 aliphatic heterocycles. The molecular weight excluding hydrogens is 200 g/mol. The first-order valence-corrected chi connectivity index (χ1v) is 6.31. The molecule has 0 spiro atoms. The molecule has 1 aromatic heterocycles. The van der Waals surface area contributed by atoms with Crippen molar-refractivity contribution in [3.8, 4) is 0 Å². The van der Waals surface area contributed by atoms with Crippen molar-refractivity contribution in [1.29, 1.82) is 0 Å². The van der Waals surface area contributed by atoms with Gasteiger partial charge in [0.25, 0.3) is 0 Å². The van der Waals surface area contributed by atoms with Gasteiger partial charge in [0.15, 0.2) is 0 Å². The summed E-state index contributed by atoms with van der Waals surface area (Å²) in [5.74, 6) is 1.62. The number of aryl methyl sites for hydroxylation is 1. The fourth-order valence-corrected chi connectivity index (χ4v) is 3.94. The van der Waals surface area contributed by atoms with E-state index in [4.69, 9.17) is 0 Å². The Morgan fingerprint density at radius 3 is 2.94 bits per heavy atom. The van der Waals surface area contributed by atoms with Gasteiger partial charge in [-0.3, -0.25) is 4.68 Å². The van der Waals surface area contributed by atoms with Crippen LogP contribution in [-0.4, -0.2) is 21.5 Å². The van der Waals surface area contributed by atoms with Crippen LogP contribution in [0.4, 0.5) is 0 Å². The van der Waals surface area contributed by atoms with E-state index in [0.717, 1.165) is 24.0 Å². The lowest BCUT2D eigenvalue weighted by Crippen LogP contribution is -2.34. The number of rotatable bonds is 3. The molecule has 0 radical (unpaired) electrons. The zero-order valence-corrected chi connectivity index (χ0v) is 9.89. The Morgan fingerprint density at radius 1 is 1.56 bits per heavy atom. The fraction of sp³-hybridized carbons (Fsp3) is 0.769. The highest BCUT2D eigenvalue weighted by Gasteiger charge is 2.50. The topological polar surface area (TPSA) is 38.0 Å². The molecule has 16 heavy (non-hydrogen) atoms. The van der Waals surface area contributed by atoms with Crippen LogP contribution in [-0.2, 0) is 13.5 Å². The van der Waals surface area contributed by atoms with Crippen molar-refractivity contribution in [1.82, 2.24) is 9.78 Å². The smallest absolute Gasteiger partial charge is 0.0631 e. The summed E-state index contributed by atoms with van der Waals surface area (Å²) in [5, 5.41) is 14.2. The summed E-state index contributed by atoms with van der Waals surface area (Å²) in [7, 11) is 1.95. The van der Waals surface area contributed by atoms with E-state index < -0.39 is 0 Å². The van der Waals surface area contributed by atoms with Gasteiger partial charge in [0, 0.05) is 25.3 Å². The molecule has 3 atom stereocenters. The van der Waals surface area contributed by atoms with Gasteiger partial charge in [-0.1, -0.05) is 6.42 Å². The minimum Gasteiger partial charge on any atom is -0.396 e. The molecule has 3 nitrogen and oxygen atoms in total. The van der Waals surface area contributed by atoms with Gasteiger partial charge >= 0.3 is 0 Å². The van der Waals surface area contributed by atoms with Crippen molar-refractivity contribution < 1.29 is 5.11 Å². The predicted molar refractivity (Wildman–Crippen MR) is 61.9 cm³/mol. The molecule has 88 valence electrons. The molecule has 3 heteroatoms. The summed E-state index contributed by atoms with van der Waals surface area (Å²) in [6.07, 6.45) is 8.21. The molecule has 1 aromatic rings. The van der Waals surface area contributed by atoms with Crippen molar-refractivity contribution in [2.75, 3.05) is 6.61 Å².